The van der Waals surface area contributed by atoms with Gasteiger partial charge in [-0.2, -0.15) is 8.42 Å². The molecule has 1 heterocycles. The molecule has 0 aliphatic heterocycles. The third-order valence-electron chi connectivity index (χ3n) is 6.70. The summed E-state index contributed by atoms with van der Waals surface area (Å²) < 4.78 is 41.0. The number of nitrogens with zero attached hydrogens (tertiary/aromatic N) is 2. The SMILES string of the molecule is COc1ccc2c(c1)-c1nc(Nc3cccc(OCCOS(=O)(=O)c4ccc(C)cc4)c3)ncc1CC2(C)C. The molecule has 0 unspecified atom stereocenters. The van der Waals surface area contributed by atoms with Crippen molar-refractivity contribution in [1.82, 2.24) is 9.97 Å². The second-order valence-electron chi connectivity index (χ2n) is 10.1. The number of methoxy groups -OCH3 is 1. The van der Waals surface area contributed by atoms with Gasteiger partial charge in [0.2, 0.25) is 5.95 Å². The highest BCUT2D eigenvalue weighted by Gasteiger charge is 2.32. The first-order valence-electron chi connectivity index (χ1n) is 12.7. The molecule has 0 atom stereocenters. The number of rotatable bonds is 9. The Morgan fingerprint density at radius 2 is 1.77 bits per heavy atom. The fourth-order valence-electron chi connectivity index (χ4n) is 4.71. The Hall–Kier alpha value is -3.95. The van der Waals surface area contributed by atoms with Crippen molar-refractivity contribution in [2.24, 2.45) is 0 Å². The molecular formula is C30H31N3O5S. The Morgan fingerprint density at radius 3 is 2.54 bits per heavy atom. The summed E-state index contributed by atoms with van der Waals surface area (Å²) in [4.78, 5) is 9.53. The molecule has 0 spiro atoms. The van der Waals surface area contributed by atoms with Crippen LogP contribution >= 0.6 is 0 Å². The van der Waals surface area contributed by atoms with Gasteiger partial charge in [0.1, 0.15) is 24.7 Å². The lowest BCUT2D eigenvalue weighted by Crippen LogP contribution is -2.26. The summed E-state index contributed by atoms with van der Waals surface area (Å²) in [6, 6.07) is 20.0. The van der Waals surface area contributed by atoms with Gasteiger partial charge in [-0.25, -0.2) is 9.97 Å². The zero-order valence-corrected chi connectivity index (χ0v) is 23.2. The standard InChI is InChI=1S/C30H31N3O5S/c1-20-8-11-25(12-9-20)39(34,35)38-15-14-37-24-7-5-6-22(16-24)32-29-31-19-21-18-30(2,3)27-13-10-23(36-4)17-26(27)28(21)33-29/h5-13,16-17,19H,14-15,18H2,1-4H3,(H,31,32,33). The van der Waals surface area contributed by atoms with Crippen LogP contribution in [0, 0.1) is 6.92 Å². The third-order valence-corrected chi connectivity index (χ3v) is 8.02. The lowest BCUT2D eigenvalue weighted by molar-refractivity contribution is 0.221. The molecule has 1 aliphatic rings. The van der Waals surface area contributed by atoms with Crippen LogP contribution in [0.2, 0.25) is 0 Å². The van der Waals surface area contributed by atoms with Crippen molar-refractivity contribution >= 4 is 21.8 Å². The molecule has 39 heavy (non-hydrogen) atoms. The first kappa shape index (κ1) is 26.6. The van der Waals surface area contributed by atoms with E-state index < -0.39 is 10.1 Å². The van der Waals surface area contributed by atoms with Crippen LogP contribution in [0.15, 0.2) is 77.8 Å². The first-order chi connectivity index (χ1) is 18.6. The predicted molar refractivity (Wildman–Crippen MR) is 150 cm³/mol. The summed E-state index contributed by atoms with van der Waals surface area (Å²) in [5, 5.41) is 3.25. The predicted octanol–water partition coefficient (Wildman–Crippen LogP) is 5.82. The van der Waals surface area contributed by atoms with E-state index in [4.69, 9.17) is 18.6 Å². The quantitative estimate of drug-likeness (QED) is 0.207. The van der Waals surface area contributed by atoms with Gasteiger partial charge < -0.3 is 14.8 Å². The molecule has 3 aromatic carbocycles. The van der Waals surface area contributed by atoms with E-state index in [1.807, 2.05) is 37.4 Å². The van der Waals surface area contributed by atoms with E-state index >= 15 is 0 Å². The lowest BCUT2D eigenvalue weighted by Gasteiger charge is -2.33. The van der Waals surface area contributed by atoms with Gasteiger partial charge in [-0.3, -0.25) is 4.18 Å². The summed E-state index contributed by atoms with van der Waals surface area (Å²) in [7, 11) is -2.18. The Labute approximate surface area is 229 Å². The smallest absolute Gasteiger partial charge is 0.297 e. The number of fused-ring (bicyclic) bond motifs is 3. The molecule has 1 aliphatic carbocycles. The zero-order chi connectivity index (χ0) is 27.6. The van der Waals surface area contributed by atoms with Crippen molar-refractivity contribution < 1.29 is 22.1 Å². The van der Waals surface area contributed by atoms with Crippen LogP contribution in [0.25, 0.3) is 11.3 Å². The van der Waals surface area contributed by atoms with E-state index in [2.05, 4.69) is 30.2 Å². The Morgan fingerprint density at radius 1 is 0.974 bits per heavy atom. The fraction of sp³-hybridized carbons (Fsp3) is 0.267. The van der Waals surface area contributed by atoms with Crippen LogP contribution < -0.4 is 14.8 Å². The molecule has 0 saturated heterocycles. The Bertz CT molecular complexity index is 1600. The normalized spacial score (nSPS) is 13.7. The highest BCUT2D eigenvalue weighted by molar-refractivity contribution is 7.86. The molecule has 1 aromatic heterocycles. The van der Waals surface area contributed by atoms with Gasteiger partial charge >= 0.3 is 0 Å². The second kappa shape index (κ2) is 10.7. The van der Waals surface area contributed by atoms with Crippen LogP contribution in [-0.4, -0.2) is 38.7 Å². The van der Waals surface area contributed by atoms with Gasteiger partial charge in [0.05, 0.1) is 17.7 Å². The average molecular weight is 546 g/mol. The highest BCUT2D eigenvalue weighted by atomic mass is 32.2. The van der Waals surface area contributed by atoms with E-state index in [0.717, 1.165) is 40.2 Å². The molecule has 4 aromatic rings. The van der Waals surface area contributed by atoms with Gasteiger partial charge in [-0.05, 0) is 66.3 Å². The van der Waals surface area contributed by atoms with Crippen molar-refractivity contribution in [3.05, 3.63) is 89.6 Å². The third kappa shape index (κ3) is 5.89. The lowest BCUT2D eigenvalue weighted by atomic mass is 9.72. The average Bonchev–Trinajstić information content (AvgIpc) is 2.91. The minimum absolute atomic E-state index is 0.0399. The van der Waals surface area contributed by atoms with Crippen LogP contribution in [0.5, 0.6) is 11.5 Å². The molecule has 202 valence electrons. The summed E-state index contributed by atoms with van der Waals surface area (Å²) >= 11 is 0. The van der Waals surface area contributed by atoms with Crippen molar-refractivity contribution in [3.8, 4) is 22.8 Å². The Balaban J connectivity index is 1.26. The second-order valence-corrected chi connectivity index (χ2v) is 11.7. The number of hydrogen-bond donors (Lipinski definition) is 1. The molecule has 0 fully saturated rings. The van der Waals surface area contributed by atoms with Gasteiger partial charge in [0.25, 0.3) is 10.1 Å². The topological polar surface area (TPSA) is 99.6 Å². The maximum Gasteiger partial charge on any atom is 0.297 e. The number of aromatic nitrogens is 2. The molecule has 0 saturated carbocycles. The molecule has 9 heteroatoms. The van der Waals surface area contributed by atoms with Crippen molar-refractivity contribution in [3.63, 3.8) is 0 Å². The molecule has 0 amide bonds. The largest absolute Gasteiger partial charge is 0.497 e. The zero-order valence-electron chi connectivity index (χ0n) is 22.4. The van der Waals surface area contributed by atoms with Gasteiger partial charge in [0.15, 0.2) is 0 Å². The molecule has 0 radical (unpaired) electrons. The van der Waals surface area contributed by atoms with Crippen molar-refractivity contribution in [2.45, 2.75) is 37.5 Å². The van der Waals surface area contributed by atoms with Crippen molar-refractivity contribution in [2.75, 3.05) is 25.6 Å². The first-order valence-corrected chi connectivity index (χ1v) is 14.1. The van der Waals surface area contributed by atoms with E-state index in [0.29, 0.717) is 11.7 Å². The number of hydrogen-bond acceptors (Lipinski definition) is 8. The van der Waals surface area contributed by atoms with Crippen LogP contribution in [0.1, 0.15) is 30.5 Å². The number of aryl methyl sites for hydroxylation is 1. The number of ether oxygens (including phenoxy) is 2. The summed E-state index contributed by atoms with van der Waals surface area (Å²) in [5.74, 6) is 1.81. The molecule has 0 bridgehead atoms. The van der Waals surface area contributed by atoms with Gasteiger partial charge in [0, 0.05) is 23.5 Å². The van der Waals surface area contributed by atoms with Gasteiger partial charge in [-0.15, -0.1) is 0 Å². The number of nitrogens with one attached hydrogen (secondary N) is 1. The summed E-state index contributed by atoms with van der Waals surface area (Å²) in [5.41, 5.74) is 5.92. The van der Waals surface area contributed by atoms with Crippen LogP contribution in [-0.2, 0) is 26.1 Å². The molecule has 8 nitrogen and oxygen atoms in total. The van der Waals surface area contributed by atoms with E-state index in [1.54, 1.807) is 31.4 Å². The fourth-order valence-corrected chi connectivity index (χ4v) is 5.60. The van der Waals surface area contributed by atoms with Gasteiger partial charge in [-0.1, -0.05) is 43.7 Å². The van der Waals surface area contributed by atoms with Crippen molar-refractivity contribution in [1.29, 1.82) is 0 Å². The number of benzene rings is 3. The van der Waals surface area contributed by atoms with E-state index in [1.165, 1.54) is 17.7 Å². The van der Waals surface area contributed by atoms with Crippen LogP contribution in [0.4, 0.5) is 11.6 Å². The Kier molecular flexibility index (Phi) is 7.29. The minimum atomic E-state index is -3.84. The maximum absolute atomic E-state index is 12.4. The van der Waals surface area contributed by atoms with E-state index in [-0.39, 0.29) is 23.5 Å². The summed E-state index contributed by atoms with van der Waals surface area (Å²) in [6.07, 6.45) is 2.72. The van der Waals surface area contributed by atoms with Crippen LogP contribution in [0.3, 0.4) is 0 Å². The minimum Gasteiger partial charge on any atom is -0.497 e. The molecular weight excluding hydrogens is 514 g/mol. The maximum atomic E-state index is 12.4. The number of anilines is 2. The van der Waals surface area contributed by atoms with E-state index in [9.17, 15) is 8.42 Å². The monoisotopic (exact) mass is 545 g/mol. The molecule has 1 N–H and O–H groups in total. The molecule has 5 rings (SSSR count). The summed E-state index contributed by atoms with van der Waals surface area (Å²) in [6.45, 7) is 6.30. The highest BCUT2D eigenvalue weighted by Crippen LogP contribution is 2.43.